The van der Waals surface area contributed by atoms with Crippen molar-refractivity contribution >= 4 is 17.5 Å². The van der Waals surface area contributed by atoms with E-state index in [1.165, 1.54) is 4.90 Å². The van der Waals surface area contributed by atoms with Crippen molar-refractivity contribution in [1.82, 2.24) is 4.98 Å². The fourth-order valence-corrected chi connectivity index (χ4v) is 1.41. The first-order chi connectivity index (χ1) is 8.24. The van der Waals surface area contributed by atoms with Crippen LogP contribution < -0.4 is 16.4 Å². The Morgan fingerprint density at radius 2 is 2.06 bits per heavy atom. The van der Waals surface area contributed by atoms with Crippen LogP contribution in [0.4, 0.5) is 24.8 Å². The lowest BCUT2D eigenvalue weighted by Gasteiger charge is -2.21. The van der Waals surface area contributed by atoms with E-state index in [2.05, 4.69) is 4.98 Å². The lowest BCUT2D eigenvalue weighted by atomic mass is 10.2. The van der Waals surface area contributed by atoms with E-state index in [0.29, 0.717) is 0 Å². The van der Waals surface area contributed by atoms with Gasteiger partial charge in [-0.05, 0) is 19.1 Å². The van der Waals surface area contributed by atoms with Gasteiger partial charge in [0.15, 0.2) is 0 Å². The zero-order valence-electron chi connectivity index (χ0n) is 9.66. The lowest BCUT2D eigenvalue weighted by molar-refractivity contribution is -0.137. The Morgan fingerprint density at radius 3 is 2.50 bits per heavy atom. The highest BCUT2D eigenvalue weighted by Gasteiger charge is 2.32. The van der Waals surface area contributed by atoms with Crippen molar-refractivity contribution in [3.63, 3.8) is 0 Å². The molecule has 0 fully saturated rings. The number of pyridine rings is 1. The van der Waals surface area contributed by atoms with Gasteiger partial charge in [0.1, 0.15) is 11.6 Å². The van der Waals surface area contributed by atoms with Crippen LogP contribution in [0.2, 0.25) is 0 Å². The van der Waals surface area contributed by atoms with Gasteiger partial charge in [-0.15, -0.1) is 0 Å². The number of rotatable bonds is 4. The van der Waals surface area contributed by atoms with Gasteiger partial charge in [-0.2, -0.15) is 13.2 Å². The fraction of sp³-hybridized carbons (Fsp3) is 0.400. The quantitative estimate of drug-likeness (QED) is 0.847. The van der Waals surface area contributed by atoms with Crippen LogP contribution in [0.1, 0.15) is 12.5 Å². The van der Waals surface area contributed by atoms with E-state index >= 15 is 0 Å². The maximum atomic E-state index is 12.6. The first kappa shape index (κ1) is 14.1. The van der Waals surface area contributed by atoms with Gasteiger partial charge in [-0.1, -0.05) is 0 Å². The molecule has 1 rings (SSSR count). The van der Waals surface area contributed by atoms with Crippen LogP contribution in [-0.4, -0.2) is 24.0 Å². The molecule has 0 saturated carbocycles. The third-order valence-electron chi connectivity index (χ3n) is 2.21. The zero-order valence-corrected chi connectivity index (χ0v) is 9.66. The monoisotopic (exact) mass is 262 g/mol. The SMILES string of the molecule is CCN(CC(N)=O)c1cc(C(F)(F)F)cc(N)n1. The van der Waals surface area contributed by atoms with Crippen molar-refractivity contribution in [3.05, 3.63) is 17.7 Å². The summed E-state index contributed by atoms with van der Waals surface area (Å²) in [6.07, 6.45) is -4.52. The summed E-state index contributed by atoms with van der Waals surface area (Å²) in [5, 5.41) is 0. The minimum absolute atomic E-state index is 0.0244. The number of hydrogen-bond acceptors (Lipinski definition) is 4. The molecule has 1 amide bonds. The van der Waals surface area contributed by atoms with Gasteiger partial charge >= 0.3 is 6.18 Å². The first-order valence-corrected chi connectivity index (χ1v) is 5.12. The number of hydrogen-bond donors (Lipinski definition) is 2. The molecule has 0 aliphatic rings. The normalized spacial score (nSPS) is 11.3. The summed E-state index contributed by atoms with van der Waals surface area (Å²) in [5.74, 6) is -0.944. The standard InChI is InChI=1S/C10H13F3N4O/c1-2-17(5-8(15)18)9-4-6(10(11,12)13)3-7(14)16-9/h3-4H,2,5H2,1H3,(H2,14,16)(H2,15,18). The molecule has 0 aliphatic heterocycles. The van der Waals surface area contributed by atoms with Gasteiger partial charge in [0.2, 0.25) is 5.91 Å². The van der Waals surface area contributed by atoms with Crippen LogP contribution in [0, 0.1) is 0 Å². The number of aromatic nitrogens is 1. The third kappa shape index (κ3) is 3.51. The van der Waals surface area contributed by atoms with Gasteiger partial charge in [0.25, 0.3) is 0 Å². The highest BCUT2D eigenvalue weighted by molar-refractivity contribution is 5.79. The second-order valence-corrected chi connectivity index (χ2v) is 3.62. The largest absolute Gasteiger partial charge is 0.416 e. The summed E-state index contributed by atoms with van der Waals surface area (Å²) in [5.41, 5.74) is 9.42. The number of likely N-dealkylation sites (N-methyl/N-ethyl adjacent to an activating group) is 1. The predicted molar refractivity (Wildman–Crippen MR) is 60.7 cm³/mol. The topological polar surface area (TPSA) is 85.2 Å². The summed E-state index contributed by atoms with van der Waals surface area (Å²) in [6.45, 7) is 1.74. The fourth-order valence-electron chi connectivity index (χ4n) is 1.41. The van der Waals surface area contributed by atoms with E-state index in [1.807, 2.05) is 0 Å². The molecule has 100 valence electrons. The average molecular weight is 262 g/mol. The van der Waals surface area contributed by atoms with Crippen LogP contribution in [0.15, 0.2) is 12.1 Å². The van der Waals surface area contributed by atoms with Crippen molar-refractivity contribution in [2.75, 3.05) is 23.7 Å². The first-order valence-electron chi connectivity index (χ1n) is 5.12. The van der Waals surface area contributed by atoms with Gasteiger partial charge in [0, 0.05) is 6.54 Å². The van der Waals surface area contributed by atoms with Crippen LogP contribution in [0.3, 0.4) is 0 Å². The lowest BCUT2D eigenvalue weighted by Crippen LogP contribution is -2.34. The van der Waals surface area contributed by atoms with Crippen molar-refractivity contribution in [2.24, 2.45) is 5.73 Å². The number of halogens is 3. The average Bonchev–Trinajstić information content (AvgIpc) is 2.23. The van der Waals surface area contributed by atoms with Gasteiger partial charge in [-0.3, -0.25) is 4.79 Å². The number of nitrogens with two attached hydrogens (primary N) is 2. The summed E-state index contributed by atoms with van der Waals surface area (Å²) in [7, 11) is 0. The second kappa shape index (κ2) is 5.11. The van der Waals surface area contributed by atoms with Crippen LogP contribution >= 0.6 is 0 Å². The van der Waals surface area contributed by atoms with E-state index in [1.54, 1.807) is 6.92 Å². The maximum Gasteiger partial charge on any atom is 0.416 e. The minimum atomic E-state index is -4.52. The number of primary amides is 1. The number of nitrogen functional groups attached to an aromatic ring is 1. The van der Waals surface area contributed by atoms with Gasteiger partial charge in [-0.25, -0.2) is 4.98 Å². The van der Waals surface area contributed by atoms with Crippen molar-refractivity contribution in [3.8, 4) is 0 Å². The molecule has 0 spiro atoms. The molecule has 0 aliphatic carbocycles. The van der Waals surface area contributed by atoms with E-state index < -0.39 is 17.6 Å². The van der Waals surface area contributed by atoms with E-state index in [0.717, 1.165) is 12.1 Å². The summed E-state index contributed by atoms with van der Waals surface area (Å²) < 4.78 is 37.8. The number of carbonyl (C=O) groups excluding carboxylic acids is 1. The Bertz CT molecular complexity index is 447. The molecular weight excluding hydrogens is 249 g/mol. The highest BCUT2D eigenvalue weighted by Crippen LogP contribution is 2.32. The molecule has 1 aromatic heterocycles. The van der Waals surface area contributed by atoms with Crippen molar-refractivity contribution in [1.29, 1.82) is 0 Å². The Hall–Kier alpha value is -1.99. The van der Waals surface area contributed by atoms with E-state index in [-0.39, 0.29) is 24.7 Å². The number of nitrogens with zero attached hydrogens (tertiary/aromatic N) is 2. The smallest absolute Gasteiger partial charge is 0.384 e. The van der Waals surface area contributed by atoms with Crippen molar-refractivity contribution < 1.29 is 18.0 Å². The molecule has 0 aromatic carbocycles. The van der Waals surface area contributed by atoms with Crippen molar-refractivity contribution in [2.45, 2.75) is 13.1 Å². The van der Waals surface area contributed by atoms with Crippen LogP contribution in [0.25, 0.3) is 0 Å². The zero-order chi connectivity index (χ0) is 13.9. The Labute approximate surface area is 102 Å². The Morgan fingerprint density at radius 1 is 1.44 bits per heavy atom. The molecule has 0 atom stereocenters. The number of alkyl halides is 3. The minimum Gasteiger partial charge on any atom is -0.384 e. The predicted octanol–water partition coefficient (Wildman–Crippen LogP) is 0.994. The summed E-state index contributed by atoms with van der Waals surface area (Å²) >= 11 is 0. The molecule has 1 aromatic rings. The molecule has 1 heterocycles. The molecule has 8 heteroatoms. The molecule has 0 saturated heterocycles. The third-order valence-corrected chi connectivity index (χ3v) is 2.21. The maximum absolute atomic E-state index is 12.6. The molecule has 18 heavy (non-hydrogen) atoms. The number of carbonyl (C=O) groups is 1. The second-order valence-electron chi connectivity index (χ2n) is 3.62. The Kier molecular flexibility index (Phi) is 4.00. The molecule has 0 bridgehead atoms. The van der Waals surface area contributed by atoms with E-state index in [9.17, 15) is 18.0 Å². The molecule has 0 unspecified atom stereocenters. The molecule has 5 nitrogen and oxygen atoms in total. The number of anilines is 2. The molecule has 4 N–H and O–H groups in total. The molecule has 0 radical (unpaired) electrons. The van der Waals surface area contributed by atoms with Gasteiger partial charge < -0.3 is 16.4 Å². The number of amides is 1. The highest BCUT2D eigenvalue weighted by atomic mass is 19.4. The Balaban J connectivity index is 3.15. The summed E-state index contributed by atoms with van der Waals surface area (Å²) in [6, 6.07) is 1.57. The van der Waals surface area contributed by atoms with E-state index in [4.69, 9.17) is 11.5 Å². The van der Waals surface area contributed by atoms with Gasteiger partial charge in [0.05, 0.1) is 12.1 Å². The van der Waals surface area contributed by atoms with Crippen LogP contribution in [0.5, 0.6) is 0 Å². The van der Waals surface area contributed by atoms with Crippen LogP contribution in [-0.2, 0) is 11.0 Å². The molecular formula is C10H13F3N4O. The summed E-state index contributed by atoms with van der Waals surface area (Å²) in [4.78, 5) is 15.9.